The second kappa shape index (κ2) is 8.13. The van der Waals surface area contributed by atoms with Crippen molar-refractivity contribution >= 4 is 11.8 Å². The SMILES string of the molecule is CC1CC(C)N2CN(C(=O)C(=O)N3CCC4(CC3)NC(C)CC(C)N4)CCC2N1. The molecule has 4 aliphatic rings. The number of carbonyl (C=O) groups excluding carboxylic acids is 2. The summed E-state index contributed by atoms with van der Waals surface area (Å²) in [7, 11) is 0. The highest BCUT2D eigenvalue weighted by Gasteiger charge is 2.43. The van der Waals surface area contributed by atoms with Gasteiger partial charge < -0.3 is 9.80 Å². The van der Waals surface area contributed by atoms with E-state index in [1.54, 1.807) is 9.80 Å². The molecule has 0 aromatic heterocycles. The quantitative estimate of drug-likeness (QED) is 0.501. The first-order valence-electron chi connectivity index (χ1n) is 11.4. The average Bonchev–Trinajstić information content (AvgIpc) is 2.66. The lowest BCUT2D eigenvalue weighted by atomic mass is 9.90. The summed E-state index contributed by atoms with van der Waals surface area (Å²) < 4.78 is 0. The number of piperidine rings is 1. The number of hydrogen-bond acceptors (Lipinski definition) is 6. The fourth-order valence-electron chi connectivity index (χ4n) is 5.93. The molecule has 8 heteroatoms. The summed E-state index contributed by atoms with van der Waals surface area (Å²) in [6, 6.07) is 1.87. The van der Waals surface area contributed by atoms with Gasteiger partial charge in [-0.3, -0.25) is 30.4 Å². The van der Waals surface area contributed by atoms with E-state index in [-0.39, 0.29) is 17.5 Å². The molecule has 4 aliphatic heterocycles. The molecule has 4 fully saturated rings. The number of amides is 2. The van der Waals surface area contributed by atoms with Crippen LogP contribution in [0.5, 0.6) is 0 Å². The third kappa shape index (κ3) is 4.31. The molecule has 0 aromatic carbocycles. The Morgan fingerprint density at radius 2 is 1.45 bits per heavy atom. The van der Waals surface area contributed by atoms with Gasteiger partial charge in [-0.15, -0.1) is 0 Å². The molecular formula is C21H38N6O2. The molecule has 0 radical (unpaired) electrons. The zero-order valence-corrected chi connectivity index (χ0v) is 18.4. The van der Waals surface area contributed by atoms with Gasteiger partial charge in [0.1, 0.15) is 0 Å². The fraction of sp³-hybridized carbons (Fsp3) is 0.905. The molecule has 4 rings (SSSR count). The zero-order valence-electron chi connectivity index (χ0n) is 18.4. The van der Waals surface area contributed by atoms with Crippen molar-refractivity contribution in [2.45, 2.75) is 95.8 Å². The van der Waals surface area contributed by atoms with Crippen LogP contribution in [0.2, 0.25) is 0 Å². The highest BCUT2D eigenvalue weighted by Crippen LogP contribution is 2.27. The first-order chi connectivity index (χ1) is 13.8. The third-order valence-corrected chi connectivity index (χ3v) is 7.27. The van der Waals surface area contributed by atoms with Gasteiger partial charge in [0.25, 0.3) is 0 Å². The average molecular weight is 407 g/mol. The van der Waals surface area contributed by atoms with E-state index in [1.807, 2.05) is 0 Å². The fourth-order valence-corrected chi connectivity index (χ4v) is 5.93. The Morgan fingerprint density at radius 3 is 2.10 bits per heavy atom. The van der Waals surface area contributed by atoms with Crippen molar-refractivity contribution in [1.82, 2.24) is 30.7 Å². The van der Waals surface area contributed by atoms with E-state index < -0.39 is 0 Å². The van der Waals surface area contributed by atoms with Gasteiger partial charge in [-0.2, -0.15) is 0 Å². The van der Waals surface area contributed by atoms with E-state index in [2.05, 4.69) is 48.5 Å². The molecule has 0 aliphatic carbocycles. The molecule has 8 nitrogen and oxygen atoms in total. The Balaban J connectivity index is 1.33. The van der Waals surface area contributed by atoms with E-state index in [0.717, 1.165) is 32.1 Å². The first-order valence-corrected chi connectivity index (χ1v) is 11.4. The molecule has 0 bridgehead atoms. The van der Waals surface area contributed by atoms with Crippen LogP contribution in [0.25, 0.3) is 0 Å². The summed E-state index contributed by atoms with van der Waals surface area (Å²) in [4.78, 5) is 31.8. The van der Waals surface area contributed by atoms with Crippen LogP contribution in [0.1, 0.15) is 59.8 Å². The lowest BCUT2D eigenvalue weighted by Gasteiger charge is -2.50. The highest BCUT2D eigenvalue weighted by atomic mass is 16.2. The van der Waals surface area contributed by atoms with E-state index in [4.69, 9.17) is 0 Å². The van der Waals surface area contributed by atoms with Crippen molar-refractivity contribution in [1.29, 1.82) is 0 Å². The van der Waals surface area contributed by atoms with Crippen molar-refractivity contribution in [3.63, 3.8) is 0 Å². The van der Waals surface area contributed by atoms with Crippen LogP contribution < -0.4 is 16.0 Å². The van der Waals surface area contributed by atoms with Crippen LogP contribution >= 0.6 is 0 Å². The van der Waals surface area contributed by atoms with Gasteiger partial charge in [0, 0.05) is 43.8 Å². The molecule has 0 saturated carbocycles. The maximum Gasteiger partial charge on any atom is 0.313 e. The summed E-state index contributed by atoms with van der Waals surface area (Å²) in [6.45, 7) is 11.3. The van der Waals surface area contributed by atoms with E-state index in [0.29, 0.717) is 56.6 Å². The lowest BCUT2D eigenvalue weighted by Crippen LogP contribution is -2.70. The normalized spacial score (nSPS) is 38.0. The van der Waals surface area contributed by atoms with Crippen LogP contribution in [0, 0.1) is 0 Å². The Kier molecular flexibility index (Phi) is 5.90. The maximum absolute atomic E-state index is 13.0. The molecule has 5 unspecified atom stereocenters. The summed E-state index contributed by atoms with van der Waals surface area (Å²) in [6.07, 6.45) is 5.05. The number of rotatable bonds is 0. The van der Waals surface area contributed by atoms with Gasteiger partial charge >= 0.3 is 11.8 Å². The molecule has 0 aromatic rings. The van der Waals surface area contributed by atoms with Crippen LogP contribution in [0.15, 0.2) is 0 Å². The second-order valence-corrected chi connectivity index (χ2v) is 9.88. The van der Waals surface area contributed by atoms with Crippen molar-refractivity contribution in [3.8, 4) is 0 Å². The molecule has 2 amide bonds. The summed E-state index contributed by atoms with van der Waals surface area (Å²) in [5.74, 6) is -0.669. The molecule has 164 valence electrons. The number of nitrogens with one attached hydrogen (secondary N) is 3. The van der Waals surface area contributed by atoms with Crippen molar-refractivity contribution in [3.05, 3.63) is 0 Å². The van der Waals surface area contributed by atoms with Gasteiger partial charge in [0.2, 0.25) is 0 Å². The van der Waals surface area contributed by atoms with Crippen LogP contribution in [0.3, 0.4) is 0 Å². The standard InChI is InChI=1S/C21H38N6O2/c1-14-12-17(4)27-13-26(8-5-18(27)22-14)20(29)19(28)25-9-6-21(7-10-25)23-15(2)11-16(3)24-21/h14-18,22-24H,5-13H2,1-4H3. The topological polar surface area (TPSA) is 80.0 Å². The predicted molar refractivity (Wildman–Crippen MR) is 112 cm³/mol. The van der Waals surface area contributed by atoms with Gasteiger partial charge in [-0.05, 0) is 59.8 Å². The van der Waals surface area contributed by atoms with Crippen molar-refractivity contribution < 1.29 is 9.59 Å². The highest BCUT2D eigenvalue weighted by molar-refractivity contribution is 6.34. The number of nitrogens with zero attached hydrogens (tertiary/aromatic N) is 3. The smallest absolute Gasteiger partial charge is 0.313 e. The minimum absolute atomic E-state index is 0.0964. The monoisotopic (exact) mass is 406 g/mol. The minimum atomic E-state index is -0.337. The van der Waals surface area contributed by atoms with Crippen LogP contribution in [-0.4, -0.2) is 88.8 Å². The first kappa shape index (κ1) is 21.0. The van der Waals surface area contributed by atoms with Gasteiger partial charge in [0.05, 0.1) is 18.5 Å². The van der Waals surface area contributed by atoms with Gasteiger partial charge in [-0.25, -0.2) is 0 Å². The third-order valence-electron chi connectivity index (χ3n) is 7.27. The molecule has 1 spiro atoms. The van der Waals surface area contributed by atoms with Crippen molar-refractivity contribution in [2.24, 2.45) is 0 Å². The van der Waals surface area contributed by atoms with E-state index >= 15 is 0 Å². The summed E-state index contributed by atoms with van der Waals surface area (Å²) in [5, 5.41) is 11.0. The number of fused-ring (bicyclic) bond motifs is 1. The predicted octanol–water partition coefficient (Wildman–Crippen LogP) is 0.253. The number of carbonyl (C=O) groups is 2. The molecular weight excluding hydrogens is 368 g/mol. The zero-order chi connectivity index (χ0) is 20.8. The number of likely N-dealkylation sites (tertiary alicyclic amines) is 1. The maximum atomic E-state index is 13.0. The van der Waals surface area contributed by atoms with Gasteiger partial charge in [-0.1, -0.05) is 0 Å². The van der Waals surface area contributed by atoms with Gasteiger partial charge in [0.15, 0.2) is 0 Å². The molecule has 5 atom stereocenters. The summed E-state index contributed by atoms with van der Waals surface area (Å²) in [5.41, 5.74) is -0.0964. The second-order valence-electron chi connectivity index (χ2n) is 9.88. The minimum Gasteiger partial charge on any atom is -0.334 e. The largest absolute Gasteiger partial charge is 0.334 e. The summed E-state index contributed by atoms with van der Waals surface area (Å²) >= 11 is 0. The Labute approximate surface area is 174 Å². The Morgan fingerprint density at radius 1 is 0.828 bits per heavy atom. The van der Waals surface area contributed by atoms with Crippen LogP contribution in [-0.2, 0) is 9.59 Å². The van der Waals surface area contributed by atoms with Crippen LogP contribution in [0.4, 0.5) is 0 Å². The van der Waals surface area contributed by atoms with E-state index in [1.165, 1.54) is 0 Å². The Hall–Kier alpha value is -1.22. The van der Waals surface area contributed by atoms with Crippen molar-refractivity contribution in [2.75, 3.05) is 26.3 Å². The van der Waals surface area contributed by atoms with E-state index in [9.17, 15) is 9.59 Å². The number of hydrogen-bond donors (Lipinski definition) is 3. The Bertz CT molecular complexity index is 623. The lowest BCUT2D eigenvalue weighted by molar-refractivity contribution is -0.158. The molecule has 4 saturated heterocycles. The molecule has 3 N–H and O–H groups in total. The molecule has 29 heavy (non-hydrogen) atoms. The molecule has 4 heterocycles.